The van der Waals surface area contributed by atoms with Crippen molar-refractivity contribution in [2.24, 2.45) is 0 Å². The molecule has 0 spiro atoms. The zero-order valence-electron chi connectivity index (χ0n) is 14.1. The minimum absolute atomic E-state index is 0.0709. The normalized spacial score (nSPS) is 15.2. The number of rotatable bonds is 2. The molecule has 0 saturated carbocycles. The van der Waals surface area contributed by atoms with Crippen LogP contribution in [-0.4, -0.2) is 47.8 Å². The monoisotopic (exact) mass is 342 g/mol. The lowest BCUT2D eigenvalue weighted by atomic mass is 10.0. The standard InChI is InChI=1S/C19H22N2O2S/c1-14-6-7-15(2)16(13-14)18(22)20-8-4-9-21(11-10-20)19(23)17-5-3-12-24-17/h3,5-7,12-13H,4,8-11H2,1-2H3. The Labute approximate surface area is 146 Å². The smallest absolute Gasteiger partial charge is 0.263 e. The molecule has 1 aromatic heterocycles. The molecule has 126 valence electrons. The summed E-state index contributed by atoms with van der Waals surface area (Å²) in [5, 5.41) is 1.92. The third-order valence-electron chi connectivity index (χ3n) is 4.43. The quantitative estimate of drug-likeness (QED) is 0.840. The van der Waals surface area contributed by atoms with Crippen molar-refractivity contribution in [3.8, 4) is 0 Å². The number of benzene rings is 1. The second-order valence-corrected chi connectivity index (χ2v) is 7.18. The molecule has 0 aliphatic carbocycles. The van der Waals surface area contributed by atoms with Crippen LogP contribution in [0.1, 0.15) is 37.6 Å². The van der Waals surface area contributed by atoms with E-state index < -0.39 is 0 Å². The highest BCUT2D eigenvalue weighted by atomic mass is 32.1. The van der Waals surface area contributed by atoms with Crippen LogP contribution in [0, 0.1) is 13.8 Å². The van der Waals surface area contributed by atoms with Gasteiger partial charge < -0.3 is 9.80 Å². The Morgan fingerprint density at radius 1 is 0.958 bits per heavy atom. The summed E-state index contributed by atoms with van der Waals surface area (Å²) in [6, 6.07) is 9.73. The molecule has 3 rings (SSSR count). The Morgan fingerprint density at radius 2 is 1.67 bits per heavy atom. The highest BCUT2D eigenvalue weighted by molar-refractivity contribution is 7.12. The van der Waals surface area contributed by atoms with Gasteiger partial charge in [0.05, 0.1) is 4.88 Å². The van der Waals surface area contributed by atoms with Crippen molar-refractivity contribution in [2.45, 2.75) is 20.3 Å². The zero-order valence-corrected chi connectivity index (χ0v) is 14.9. The molecule has 5 heteroatoms. The van der Waals surface area contributed by atoms with E-state index in [0.717, 1.165) is 28.0 Å². The molecule has 0 bridgehead atoms. The van der Waals surface area contributed by atoms with Crippen molar-refractivity contribution < 1.29 is 9.59 Å². The number of aryl methyl sites for hydroxylation is 2. The van der Waals surface area contributed by atoms with Gasteiger partial charge in [0.2, 0.25) is 0 Å². The maximum absolute atomic E-state index is 12.9. The summed E-state index contributed by atoms with van der Waals surface area (Å²) < 4.78 is 0. The molecule has 1 saturated heterocycles. The molecule has 0 unspecified atom stereocenters. The predicted octanol–water partition coefficient (Wildman–Crippen LogP) is 3.35. The van der Waals surface area contributed by atoms with E-state index in [1.807, 2.05) is 59.4 Å². The topological polar surface area (TPSA) is 40.6 Å². The molecule has 2 amide bonds. The number of nitrogens with zero attached hydrogens (tertiary/aromatic N) is 2. The lowest BCUT2D eigenvalue weighted by molar-refractivity contribution is 0.0720. The molecule has 1 aliphatic heterocycles. The fourth-order valence-electron chi connectivity index (χ4n) is 3.02. The average molecular weight is 342 g/mol. The first-order chi connectivity index (χ1) is 11.6. The van der Waals surface area contributed by atoms with Crippen molar-refractivity contribution in [1.82, 2.24) is 9.80 Å². The van der Waals surface area contributed by atoms with E-state index >= 15 is 0 Å². The number of amides is 2. The summed E-state index contributed by atoms with van der Waals surface area (Å²) in [5.41, 5.74) is 2.86. The highest BCUT2D eigenvalue weighted by Crippen LogP contribution is 2.17. The van der Waals surface area contributed by atoms with Crippen LogP contribution in [0.5, 0.6) is 0 Å². The second-order valence-electron chi connectivity index (χ2n) is 6.23. The summed E-state index contributed by atoms with van der Waals surface area (Å²) >= 11 is 1.47. The molecule has 4 nitrogen and oxygen atoms in total. The Bertz CT molecular complexity index is 740. The van der Waals surface area contributed by atoms with Gasteiger partial charge in [-0.1, -0.05) is 23.8 Å². The summed E-state index contributed by atoms with van der Waals surface area (Å²) in [4.78, 5) is 29.9. The SMILES string of the molecule is Cc1ccc(C)c(C(=O)N2CCCN(C(=O)c3cccs3)CC2)c1. The molecule has 0 atom stereocenters. The van der Waals surface area contributed by atoms with Gasteiger partial charge in [0.1, 0.15) is 0 Å². The van der Waals surface area contributed by atoms with Crippen molar-refractivity contribution in [1.29, 1.82) is 0 Å². The molecule has 0 radical (unpaired) electrons. The van der Waals surface area contributed by atoms with Gasteiger partial charge >= 0.3 is 0 Å². The Balaban J connectivity index is 1.70. The molecule has 24 heavy (non-hydrogen) atoms. The Kier molecular flexibility index (Phi) is 5.00. The molecule has 2 heterocycles. The van der Waals surface area contributed by atoms with E-state index in [1.165, 1.54) is 11.3 Å². The van der Waals surface area contributed by atoms with Crippen LogP contribution in [-0.2, 0) is 0 Å². The van der Waals surface area contributed by atoms with E-state index in [0.29, 0.717) is 26.2 Å². The van der Waals surface area contributed by atoms with E-state index in [1.54, 1.807) is 0 Å². The number of hydrogen-bond acceptors (Lipinski definition) is 3. The molecular weight excluding hydrogens is 320 g/mol. The lowest BCUT2D eigenvalue weighted by Gasteiger charge is -2.22. The average Bonchev–Trinajstić information content (AvgIpc) is 3.00. The molecule has 1 fully saturated rings. The van der Waals surface area contributed by atoms with Gasteiger partial charge in [0.25, 0.3) is 11.8 Å². The van der Waals surface area contributed by atoms with Gasteiger partial charge in [-0.25, -0.2) is 0 Å². The largest absolute Gasteiger partial charge is 0.337 e. The molecule has 2 aromatic rings. The first kappa shape index (κ1) is 16.7. The third kappa shape index (κ3) is 3.51. The fourth-order valence-corrected chi connectivity index (χ4v) is 3.71. The summed E-state index contributed by atoms with van der Waals surface area (Å²) in [5.74, 6) is 0.146. The Morgan fingerprint density at radius 3 is 2.33 bits per heavy atom. The van der Waals surface area contributed by atoms with Gasteiger partial charge in [-0.2, -0.15) is 0 Å². The molecule has 1 aliphatic rings. The van der Waals surface area contributed by atoms with Crippen LogP contribution >= 0.6 is 11.3 Å². The third-order valence-corrected chi connectivity index (χ3v) is 5.28. The Hall–Kier alpha value is -2.14. The van der Waals surface area contributed by atoms with Crippen LogP contribution in [0.15, 0.2) is 35.7 Å². The van der Waals surface area contributed by atoms with Crippen molar-refractivity contribution >= 4 is 23.2 Å². The van der Waals surface area contributed by atoms with E-state index in [2.05, 4.69) is 0 Å². The summed E-state index contributed by atoms with van der Waals surface area (Å²) in [7, 11) is 0. The molecular formula is C19H22N2O2S. The van der Waals surface area contributed by atoms with Crippen molar-refractivity contribution in [3.05, 3.63) is 57.3 Å². The van der Waals surface area contributed by atoms with Crippen LogP contribution in [0.3, 0.4) is 0 Å². The van der Waals surface area contributed by atoms with Gasteiger partial charge in [-0.3, -0.25) is 9.59 Å². The minimum Gasteiger partial charge on any atom is -0.337 e. The number of hydrogen-bond donors (Lipinski definition) is 0. The zero-order chi connectivity index (χ0) is 17.1. The van der Waals surface area contributed by atoms with E-state index in [-0.39, 0.29) is 11.8 Å². The maximum Gasteiger partial charge on any atom is 0.263 e. The van der Waals surface area contributed by atoms with Crippen LogP contribution in [0.25, 0.3) is 0 Å². The highest BCUT2D eigenvalue weighted by Gasteiger charge is 2.24. The molecule has 1 aromatic carbocycles. The second kappa shape index (κ2) is 7.18. The predicted molar refractivity (Wildman–Crippen MR) is 96.7 cm³/mol. The van der Waals surface area contributed by atoms with Gasteiger partial charge in [0.15, 0.2) is 0 Å². The number of carbonyl (C=O) groups is 2. The lowest BCUT2D eigenvalue weighted by Crippen LogP contribution is -2.37. The van der Waals surface area contributed by atoms with Gasteiger partial charge in [-0.05, 0) is 43.3 Å². The first-order valence-electron chi connectivity index (χ1n) is 8.25. The number of thiophene rings is 1. The number of carbonyl (C=O) groups excluding carboxylic acids is 2. The van der Waals surface area contributed by atoms with Crippen LogP contribution in [0.4, 0.5) is 0 Å². The van der Waals surface area contributed by atoms with E-state index in [4.69, 9.17) is 0 Å². The van der Waals surface area contributed by atoms with Gasteiger partial charge in [0, 0.05) is 31.7 Å². The van der Waals surface area contributed by atoms with Crippen LogP contribution < -0.4 is 0 Å². The van der Waals surface area contributed by atoms with Gasteiger partial charge in [-0.15, -0.1) is 11.3 Å². The minimum atomic E-state index is 0.0709. The fraction of sp³-hybridized carbons (Fsp3) is 0.368. The van der Waals surface area contributed by atoms with Crippen LogP contribution in [0.2, 0.25) is 0 Å². The maximum atomic E-state index is 12.9. The van der Waals surface area contributed by atoms with E-state index in [9.17, 15) is 9.59 Å². The summed E-state index contributed by atoms with van der Waals surface area (Å²) in [6.07, 6.45) is 0.813. The molecule has 0 N–H and O–H groups in total. The summed E-state index contributed by atoms with van der Waals surface area (Å²) in [6.45, 7) is 6.54. The van der Waals surface area contributed by atoms with Crippen molar-refractivity contribution in [2.75, 3.05) is 26.2 Å². The first-order valence-corrected chi connectivity index (χ1v) is 9.13. The van der Waals surface area contributed by atoms with Crippen molar-refractivity contribution in [3.63, 3.8) is 0 Å².